The van der Waals surface area contributed by atoms with Gasteiger partial charge in [-0.15, -0.1) is 0 Å². The molecule has 0 aliphatic carbocycles. The fourth-order valence-corrected chi connectivity index (χ4v) is 3.01. The van der Waals surface area contributed by atoms with Crippen LogP contribution in [-0.4, -0.2) is 42.4 Å². The van der Waals surface area contributed by atoms with Gasteiger partial charge >= 0.3 is 0 Å². The third-order valence-electron chi connectivity index (χ3n) is 3.63. The molecule has 0 spiro atoms. The van der Waals surface area contributed by atoms with Gasteiger partial charge in [-0.25, -0.2) is 0 Å². The van der Waals surface area contributed by atoms with E-state index in [1.165, 1.54) is 69.2 Å². The van der Waals surface area contributed by atoms with Crippen LogP contribution in [0.2, 0.25) is 0 Å². The summed E-state index contributed by atoms with van der Waals surface area (Å²) in [4.78, 5) is 0. The van der Waals surface area contributed by atoms with Crippen molar-refractivity contribution in [3.05, 3.63) is 0 Å². The Bertz CT molecular complexity index is 148. The zero-order valence-electron chi connectivity index (χ0n) is 12.8. The monoisotopic (exact) mass is 279 g/mol. The molecule has 0 radical (unpaired) electrons. The van der Waals surface area contributed by atoms with Crippen LogP contribution in [0.15, 0.2) is 0 Å². The Hall–Kier alpha value is 0.210. The lowest BCUT2D eigenvalue weighted by molar-refractivity contribution is -0.928. The quantitative estimate of drug-likeness (QED) is 0.410. The van der Waals surface area contributed by atoms with Gasteiger partial charge in [-0.2, -0.15) is 0 Å². The van der Waals surface area contributed by atoms with E-state index >= 15 is 0 Å². The summed E-state index contributed by atoms with van der Waals surface area (Å²) in [5.41, 5.74) is 0. The maximum absolute atomic E-state index is 8.77. The lowest BCUT2D eigenvalue weighted by Gasteiger charge is -2.38. The molecule has 0 aromatic heterocycles. The SMILES string of the molecule is CCC[N+](CCC)(CCC)CCCCCCO.[Cl-]. The van der Waals surface area contributed by atoms with E-state index in [0.717, 1.165) is 6.42 Å². The van der Waals surface area contributed by atoms with Crippen molar-refractivity contribution in [1.29, 1.82) is 0 Å². The lowest BCUT2D eigenvalue weighted by atomic mass is 10.1. The highest BCUT2D eigenvalue weighted by atomic mass is 35.5. The molecule has 2 nitrogen and oxygen atoms in total. The summed E-state index contributed by atoms with van der Waals surface area (Å²) in [6.45, 7) is 12.7. The molecule has 0 atom stereocenters. The van der Waals surface area contributed by atoms with E-state index in [0.29, 0.717) is 6.61 Å². The Morgan fingerprint density at radius 3 is 1.50 bits per heavy atom. The van der Waals surface area contributed by atoms with Crippen LogP contribution < -0.4 is 12.4 Å². The van der Waals surface area contributed by atoms with Crippen LogP contribution in [0.1, 0.15) is 65.7 Å². The van der Waals surface area contributed by atoms with Crippen LogP contribution in [0.25, 0.3) is 0 Å². The van der Waals surface area contributed by atoms with Crippen LogP contribution >= 0.6 is 0 Å². The Labute approximate surface area is 121 Å². The second-order valence-electron chi connectivity index (χ2n) is 5.37. The molecular weight excluding hydrogens is 246 g/mol. The normalized spacial score (nSPS) is 11.3. The third-order valence-corrected chi connectivity index (χ3v) is 3.63. The van der Waals surface area contributed by atoms with E-state index in [1.54, 1.807) is 0 Å². The molecule has 0 aromatic rings. The highest BCUT2D eigenvalue weighted by Crippen LogP contribution is 2.14. The third kappa shape index (κ3) is 9.18. The van der Waals surface area contributed by atoms with Crippen molar-refractivity contribution in [2.75, 3.05) is 32.8 Å². The van der Waals surface area contributed by atoms with Gasteiger partial charge in [0.25, 0.3) is 0 Å². The highest BCUT2D eigenvalue weighted by molar-refractivity contribution is 4.48. The molecule has 112 valence electrons. The zero-order chi connectivity index (χ0) is 13.0. The van der Waals surface area contributed by atoms with Crippen molar-refractivity contribution in [1.82, 2.24) is 0 Å². The average molecular weight is 280 g/mol. The van der Waals surface area contributed by atoms with Crippen molar-refractivity contribution >= 4 is 0 Å². The minimum atomic E-state index is 0. The summed E-state index contributed by atoms with van der Waals surface area (Å²) in [7, 11) is 0. The lowest BCUT2D eigenvalue weighted by Crippen LogP contribution is -3.00. The van der Waals surface area contributed by atoms with E-state index in [2.05, 4.69) is 20.8 Å². The van der Waals surface area contributed by atoms with Gasteiger partial charge in [0.15, 0.2) is 0 Å². The number of aliphatic hydroxyl groups excluding tert-OH is 1. The Morgan fingerprint density at radius 1 is 0.667 bits per heavy atom. The van der Waals surface area contributed by atoms with Crippen LogP contribution in [-0.2, 0) is 0 Å². The van der Waals surface area contributed by atoms with E-state index in [4.69, 9.17) is 5.11 Å². The minimum absolute atomic E-state index is 0. The van der Waals surface area contributed by atoms with Gasteiger partial charge in [0.05, 0.1) is 26.2 Å². The van der Waals surface area contributed by atoms with Gasteiger partial charge in [0.2, 0.25) is 0 Å². The number of halogens is 1. The zero-order valence-corrected chi connectivity index (χ0v) is 13.5. The second-order valence-corrected chi connectivity index (χ2v) is 5.37. The predicted octanol–water partition coefficient (Wildman–Crippen LogP) is 0.590. The minimum Gasteiger partial charge on any atom is -1.00 e. The summed E-state index contributed by atoms with van der Waals surface area (Å²) in [5, 5.41) is 8.77. The highest BCUT2D eigenvalue weighted by Gasteiger charge is 2.23. The van der Waals surface area contributed by atoms with E-state index in [-0.39, 0.29) is 12.4 Å². The number of hydrogen-bond donors (Lipinski definition) is 1. The fraction of sp³-hybridized carbons (Fsp3) is 1.00. The van der Waals surface area contributed by atoms with Gasteiger partial charge < -0.3 is 22.0 Å². The van der Waals surface area contributed by atoms with E-state index in [1.807, 2.05) is 0 Å². The van der Waals surface area contributed by atoms with Crippen LogP contribution in [0.3, 0.4) is 0 Å². The molecule has 0 heterocycles. The number of hydrogen-bond acceptors (Lipinski definition) is 1. The Kier molecular flexibility index (Phi) is 15.6. The second kappa shape index (κ2) is 13.6. The van der Waals surface area contributed by atoms with Gasteiger partial charge in [0.1, 0.15) is 0 Å². The van der Waals surface area contributed by atoms with Gasteiger partial charge in [0, 0.05) is 6.61 Å². The summed E-state index contributed by atoms with van der Waals surface area (Å²) >= 11 is 0. The first-order valence-corrected chi connectivity index (χ1v) is 7.70. The molecule has 18 heavy (non-hydrogen) atoms. The summed E-state index contributed by atoms with van der Waals surface area (Å²) in [6.07, 6.45) is 8.71. The van der Waals surface area contributed by atoms with E-state index in [9.17, 15) is 0 Å². The Balaban J connectivity index is 0. The van der Waals surface area contributed by atoms with Gasteiger partial charge in [-0.1, -0.05) is 27.2 Å². The molecule has 0 fully saturated rings. The molecule has 0 bridgehead atoms. The van der Waals surface area contributed by atoms with Gasteiger partial charge in [-0.05, 0) is 38.5 Å². The first kappa shape index (κ1) is 20.5. The summed E-state index contributed by atoms with van der Waals surface area (Å²) in [6, 6.07) is 0. The van der Waals surface area contributed by atoms with Crippen molar-refractivity contribution in [3.8, 4) is 0 Å². The molecule has 1 N–H and O–H groups in total. The molecule has 0 rings (SSSR count). The molecule has 0 saturated carbocycles. The standard InChI is InChI=1S/C15H34NO.ClH/c1-4-11-16(12-5-2,13-6-3)14-9-7-8-10-15-17;/h17H,4-15H2,1-3H3;1H/q+1;/p-1. The smallest absolute Gasteiger partial charge is 0.0786 e. The molecule has 0 aliphatic rings. The Morgan fingerprint density at radius 2 is 1.11 bits per heavy atom. The summed E-state index contributed by atoms with van der Waals surface area (Å²) in [5.74, 6) is 0. The van der Waals surface area contributed by atoms with Crippen LogP contribution in [0, 0.1) is 0 Å². The molecule has 0 aromatic carbocycles. The average Bonchev–Trinajstić information content (AvgIpc) is 2.30. The topological polar surface area (TPSA) is 20.2 Å². The number of aliphatic hydroxyl groups is 1. The molecule has 0 unspecified atom stereocenters. The van der Waals surface area contributed by atoms with Crippen molar-refractivity contribution in [2.45, 2.75) is 65.7 Å². The number of quaternary nitrogens is 1. The van der Waals surface area contributed by atoms with Crippen molar-refractivity contribution < 1.29 is 22.0 Å². The first-order valence-electron chi connectivity index (χ1n) is 7.70. The predicted molar refractivity (Wildman–Crippen MR) is 76.2 cm³/mol. The fourth-order valence-electron chi connectivity index (χ4n) is 3.01. The van der Waals surface area contributed by atoms with Crippen LogP contribution in [0.5, 0.6) is 0 Å². The maximum atomic E-state index is 8.77. The molecular formula is C15H34ClNO. The number of nitrogens with zero attached hydrogens (tertiary/aromatic N) is 1. The van der Waals surface area contributed by atoms with Crippen LogP contribution in [0.4, 0.5) is 0 Å². The van der Waals surface area contributed by atoms with E-state index < -0.39 is 0 Å². The molecule has 3 heteroatoms. The largest absolute Gasteiger partial charge is 1.00 e. The maximum Gasteiger partial charge on any atom is 0.0786 e. The first-order chi connectivity index (χ1) is 8.24. The molecule has 0 amide bonds. The summed E-state index contributed by atoms with van der Waals surface area (Å²) < 4.78 is 1.34. The van der Waals surface area contributed by atoms with Crippen molar-refractivity contribution in [3.63, 3.8) is 0 Å². The molecule has 0 saturated heterocycles. The van der Waals surface area contributed by atoms with Gasteiger partial charge in [-0.3, -0.25) is 0 Å². The van der Waals surface area contributed by atoms with Crippen molar-refractivity contribution in [2.24, 2.45) is 0 Å². The number of unbranched alkanes of at least 4 members (excludes halogenated alkanes) is 3. The number of rotatable bonds is 12. The molecule has 0 aliphatic heterocycles.